The summed E-state index contributed by atoms with van der Waals surface area (Å²) in [6.07, 6.45) is 1.96. The van der Waals surface area contributed by atoms with Crippen molar-refractivity contribution in [1.82, 2.24) is 4.90 Å². The molecular formula is C16H21NO3S. The summed E-state index contributed by atoms with van der Waals surface area (Å²) in [4.78, 5) is 26.3. The van der Waals surface area contributed by atoms with Gasteiger partial charge in [-0.05, 0) is 37.3 Å². The Bertz CT molecular complexity index is 501. The topological polar surface area (TPSA) is 57.6 Å². The van der Waals surface area contributed by atoms with E-state index >= 15 is 0 Å². The van der Waals surface area contributed by atoms with Gasteiger partial charge in [0.1, 0.15) is 6.04 Å². The standard InChI is InChI=1S/C16H21NO3S/c1-2-21-13-7-5-12(6-8-13)15(18)9-11-17-10-3-4-14(17)16(19)20/h5-8,14H,2-4,9-11H2,1H3,(H,19,20). The fraction of sp³-hybridized carbons (Fsp3) is 0.500. The van der Waals surface area contributed by atoms with Crippen molar-refractivity contribution in [3.05, 3.63) is 29.8 Å². The molecule has 1 fully saturated rings. The average Bonchev–Trinajstić information content (AvgIpc) is 2.94. The van der Waals surface area contributed by atoms with Crippen LogP contribution in [-0.2, 0) is 4.79 Å². The van der Waals surface area contributed by atoms with Crippen LogP contribution in [0, 0.1) is 0 Å². The van der Waals surface area contributed by atoms with Gasteiger partial charge in [-0.3, -0.25) is 14.5 Å². The highest BCUT2D eigenvalue weighted by Gasteiger charge is 2.30. The molecule has 1 saturated heterocycles. The summed E-state index contributed by atoms with van der Waals surface area (Å²) < 4.78 is 0. The highest BCUT2D eigenvalue weighted by Crippen LogP contribution is 2.20. The summed E-state index contributed by atoms with van der Waals surface area (Å²) >= 11 is 1.75. The van der Waals surface area contributed by atoms with Crippen LogP contribution in [-0.4, -0.2) is 46.6 Å². The molecule has 114 valence electrons. The zero-order valence-electron chi connectivity index (χ0n) is 12.2. The number of carboxylic acids is 1. The van der Waals surface area contributed by atoms with Crippen molar-refractivity contribution in [2.75, 3.05) is 18.8 Å². The molecule has 1 unspecified atom stereocenters. The SMILES string of the molecule is CCSc1ccc(C(=O)CCN2CCCC2C(=O)O)cc1. The van der Waals surface area contributed by atoms with E-state index < -0.39 is 12.0 Å². The average molecular weight is 307 g/mol. The van der Waals surface area contributed by atoms with Crippen molar-refractivity contribution in [3.8, 4) is 0 Å². The number of thioether (sulfide) groups is 1. The first-order chi connectivity index (χ1) is 10.1. The van der Waals surface area contributed by atoms with Gasteiger partial charge in [0.25, 0.3) is 0 Å². The molecular weight excluding hydrogens is 286 g/mol. The van der Waals surface area contributed by atoms with E-state index in [2.05, 4.69) is 6.92 Å². The van der Waals surface area contributed by atoms with Crippen LogP contribution in [0.25, 0.3) is 0 Å². The lowest BCUT2D eigenvalue weighted by molar-refractivity contribution is -0.142. The third-order valence-corrected chi connectivity index (χ3v) is 4.66. The molecule has 1 aromatic rings. The van der Waals surface area contributed by atoms with Gasteiger partial charge >= 0.3 is 5.97 Å². The highest BCUT2D eigenvalue weighted by atomic mass is 32.2. The molecule has 2 rings (SSSR count). The van der Waals surface area contributed by atoms with Crippen LogP contribution in [0.2, 0.25) is 0 Å². The van der Waals surface area contributed by atoms with Gasteiger partial charge in [-0.2, -0.15) is 0 Å². The summed E-state index contributed by atoms with van der Waals surface area (Å²) in [5.74, 6) is 0.318. The van der Waals surface area contributed by atoms with Gasteiger partial charge in [0.15, 0.2) is 5.78 Å². The number of nitrogens with zero attached hydrogens (tertiary/aromatic N) is 1. The Balaban J connectivity index is 1.88. The molecule has 1 aromatic carbocycles. The van der Waals surface area contributed by atoms with Crippen molar-refractivity contribution in [2.24, 2.45) is 0 Å². The monoisotopic (exact) mass is 307 g/mol. The van der Waals surface area contributed by atoms with Crippen LogP contribution < -0.4 is 0 Å². The van der Waals surface area contributed by atoms with Gasteiger partial charge in [-0.25, -0.2) is 0 Å². The summed E-state index contributed by atoms with van der Waals surface area (Å²) in [7, 11) is 0. The van der Waals surface area contributed by atoms with Gasteiger partial charge in [0.2, 0.25) is 0 Å². The molecule has 0 aromatic heterocycles. The second kappa shape index (κ2) is 7.61. The van der Waals surface area contributed by atoms with E-state index in [1.807, 2.05) is 29.2 Å². The summed E-state index contributed by atoms with van der Waals surface area (Å²) in [6, 6.07) is 7.24. The number of benzene rings is 1. The van der Waals surface area contributed by atoms with Crippen LogP contribution >= 0.6 is 11.8 Å². The first-order valence-corrected chi connectivity index (χ1v) is 8.33. The summed E-state index contributed by atoms with van der Waals surface area (Å²) in [5, 5.41) is 9.12. The maximum Gasteiger partial charge on any atom is 0.320 e. The smallest absolute Gasteiger partial charge is 0.320 e. The van der Waals surface area contributed by atoms with Gasteiger partial charge < -0.3 is 5.11 Å². The summed E-state index contributed by atoms with van der Waals surface area (Å²) in [5.41, 5.74) is 0.710. The number of ketones is 1. The number of Topliss-reactive ketones (excluding diaryl/α,β-unsaturated/α-hetero) is 1. The maximum atomic E-state index is 12.2. The molecule has 0 radical (unpaired) electrons. The fourth-order valence-corrected chi connectivity index (χ4v) is 3.33. The number of rotatable bonds is 7. The highest BCUT2D eigenvalue weighted by molar-refractivity contribution is 7.99. The molecule has 0 bridgehead atoms. The largest absolute Gasteiger partial charge is 0.480 e. The normalized spacial score (nSPS) is 18.8. The molecule has 5 heteroatoms. The molecule has 21 heavy (non-hydrogen) atoms. The third-order valence-electron chi connectivity index (χ3n) is 3.76. The Labute approximate surface area is 129 Å². The van der Waals surface area contributed by atoms with E-state index in [-0.39, 0.29) is 5.78 Å². The van der Waals surface area contributed by atoms with E-state index in [0.29, 0.717) is 24.9 Å². The predicted octanol–water partition coefficient (Wildman–Crippen LogP) is 2.92. The van der Waals surface area contributed by atoms with E-state index in [1.165, 1.54) is 4.90 Å². The molecule has 1 aliphatic rings. The van der Waals surface area contributed by atoms with Crippen molar-refractivity contribution in [1.29, 1.82) is 0 Å². The second-order valence-electron chi connectivity index (χ2n) is 5.16. The molecule has 1 N–H and O–H groups in total. The zero-order valence-corrected chi connectivity index (χ0v) is 13.1. The zero-order chi connectivity index (χ0) is 15.2. The molecule has 1 heterocycles. The van der Waals surface area contributed by atoms with Gasteiger partial charge in [-0.15, -0.1) is 11.8 Å². The first-order valence-electron chi connectivity index (χ1n) is 7.34. The Morgan fingerprint density at radius 1 is 1.33 bits per heavy atom. The molecule has 0 spiro atoms. The molecule has 1 aliphatic heterocycles. The lowest BCUT2D eigenvalue weighted by Crippen LogP contribution is -2.37. The van der Waals surface area contributed by atoms with Crippen molar-refractivity contribution in [3.63, 3.8) is 0 Å². The number of likely N-dealkylation sites (tertiary alicyclic amines) is 1. The number of hydrogen-bond donors (Lipinski definition) is 1. The third kappa shape index (κ3) is 4.32. The first kappa shape index (κ1) is 16.0. The van der Waals surface area contributed by atoms with Crippen molar-refractivity contribution < 1.29 is 14.7 Å². The van der Waals surface area contributed by atoms with Crippen LogP contribution in [0.1, 0.15) is 36.5 Å². The minimum absolute atomic E-state index is 0.0825. The van der Waals surface area contributed by atoms with Gasteiger partial charge in [0.05, 0.1) is 0 Å². The minimum Gasteiger partial charge on any atom is -0.480 e. The molecule has 0 saturated carbocycles. The number of hydrogen-bond acceptors (Lipinski definition) is 4. The number of carbonyl (C=O) groups excluding carboxylic acids is 1. The van der Waals surface area contributed by atoms with E-state index in [9.17, 15) is 9.59 Å². The molecule has 0 amide bonds. The Morgan fingerprint density at radius 2 is 2.05 bits per heavy atom. The Hall–Kier alpha value is -1.33. The predicted molar refractivity (Wildman–Crippen MR) is 84.0 cm³/mol. The van der Waals surface area contributed by atoms with E-state index in [1.54, 1.807) is 11.8 Å². The summed E-state index contributed by atoms with van der Waals surface area (Å²) in [6.45, 7) is 3.40. The van der Waals surface area contributed by atoms with Crippen molar-refractivity contribution >= 4 is 23.5 Å². The van der Waals surface area contributed by atoms with Crippen LogP contribution in [0.4, 0.5) is 0 Å². The Kier molecular flexibility index (Phi) is 5.82. The number of carboxylic acid groups (broad SMARTS) is 1. The minimum atomic E-state index is -0.777. The van der Waals surface area contributed by atoms with Crippen molar-refractivity contribution in [2.45, 2.75) is 37.1 Å². The maximum absolute atomic E-state index is 12.2. The van der Waals surface area contributed by atoms with Gasteiger partial charge in [0, 0.05) is 23.4 Å². The molecule has 0 aliphatic carbocycles. The van der Waals surface area contributed by atoms with Gasteiger partial charge in [-0.1, -0.05) is 19.1 Å². The lowest BCUT2D eigenvalue weighted by atomic mass is 10.1. The number of carbonyl (C=O) groups is 2. The van der Waals surface area contributed by atoms with E-state index in [0.717, 1.165) is 18.7 Å². The van der Waals surface area contributed by atoms with Crippen LogP contribution in [0.15, 0.2) is 29.2 Å². The van der Waals surface area contributed by atoms with Crippen LogP contribution in [0.3, 0.4) is 0 Å². The second-order valence-corrected chi connectivity index (χ2v) is 6.50. The van der Waals surface area contributed by atoms with Crippen LogP contribution in [0.5, 0.6) is 0 Å². The number of aliphatic carboxylic acids is 1. The molecule has 4 nitrogen and oxygen atoms in total. The Morgan fingerprint density at radius 3 is 2.67 bits per heavy atom. The lowest BCUT2D eigenvalue weighted by Gasteiger charge is -2.20. The molecule has 1 atom stereocenters. The van der Waals surface area contributed by atoms with E-state index in [4.69, 9.17) is 5.11 Å². The fourth-order valence-electron chi connectivity index (χ4n) is 2.67. The quantitative estimate of drug-likeness (QED) is 0.620.